The highest BCUT2D eigenvalue weighted by Gasteiger charge is 2.35. The van der Waals surface area contributed by atoms with E-state index < -0.39 is 0 Å². The first kappa shape index (κ1) is 27.7. The van der Waals surface area contributed by atoms with E-state index in [-0.39, 0.29) is 35.2 Å². The number of carbonyl (C=O) groups is 2. The molecule has 4 rings (SSSR count). The molecule has 2 aliphatic rings. The third kappa shape index (κ3) is 6.94. The Morgan fingerprint density at radius 2 is 1.59 bits per heavy atom. The van der Waals surface area contributed by atoms with E-state index in [4.69, 9.17) is 17.3 Å². The van der Waals surface area contributed by atoms with Crippen LogP contribution in [-0.4, -0.2) is 28.8 Å². The predicted molar refractivity (Wildman–Crippen MR) is 152 cm³/mol. The van der Waals surface area contributed by atoms with Gasteiger partial charge >= 0.3 is 0 Å². The number of halogens is 1. The van der Waals surface area contributed by atoms with Crippen LogP contribution in [0.5, 0.6) is 0 Å². The van der Waals surface area contributed by atoms with E-state index in [0.29, 0.717) is 22.8 Å². The molecule has 3 N–H and O–H groups in total. The van der Waals surface area contributed by atoms with Crippen molar-refractivity contribution >= 4 is 29.1 Å². The van der Waals surface area contributed by atoms with E-state index in [0.717, 1.165) is 56.9 Å². The summed E-state index contributed by atoms with van der Waals surface area (Å²) in [5, 5.41) is 3.61. The van der Waals surface area contributed by atoms with E-state index in [1.165, 1.54) is 12.0 Å². The minimum absolute atomic E-state index is 0.0148. The second-order valence-corrected chi connectivity index (χ2v) is 12.3. The van der Waals surface area contributed by atoms with Crippen molar-refractivity contribution in [3.63, 3.8) is 0 Å². The lowest BCUT2D eigenvalue weighted by Crippen LogP contribution is -2.53. The largest absolute Gasteiger partial charge is 0.334 e. The summed E-state index contributed by atoms with van der Waals surface area (Å²) in [6, 6.07) is 13.3. The first-order valence-corrected chi connectivity index (χ1v) is 14.3. The fraction of sp³-hybridized carbons (Fsp3) is 0.548. The molecule has 0 heterocycles. The molecule has 2 aromatic carbocycles. The van der Waals surface area contributed by atoms with Crippen molar-refractivity contribution in [2.24, 2.45) is 11.7 Å². The molecule has 0 aromatic heterocycles. The first-order valence-electron chi connectivity index (χ1n) is 13.9. The predicted octanol–water partition coefficient (Wildman–Crippen LogP) is 7.07. The molecule has 2 unspecified atom stereocenters. The molecule has 0 bridgehead atoms. The Kier molecular flexibility index (Phi) is 8.97. The third-order valence-electron chi connectivity index (χ3n) is 8.08. The quantitative estimate of drug-likeness (QED) is 0.425. The zero-order valence-corrected chi connectivity index (χ0v) is 23.3. The minimum atomic E-state index is -0.168. The Hall–Kier alpha value is -2.37. The maximum absolute atomic E-state index is 13.8. The summed E-state index contributed by atoms with van der Waals surface area (Å²) in [6.45, 7) is 6.87. The third-order valence-corrected chi connectivity index (χ3v) is 8.45. The molecular formula is C31H42ClN3O2. The van der Waals surface area contributed by atoms with Gasteiger partial charge in [-0.2, -0.15) is 0 Å². The van der Waals surface area contributed by atoms with Crippen molar-refractivity contribution in [1.82, 2.24) is 4.90 Å². The van der Waals surface area contributed by atoms with Crippen LogP contribution in [0.3, 0.4) is 0 Å². The molecule has 2 aliphatic carbocycles. The minimum Gasteiger partial charge on any atom is -0.334 e. The lowest BCUT2D eigenvalue weighted by molar-refractivity contribution is -0.141. The molecule has 0 aliphatic heterocycles. The van der Waals surface area contributed by atoms with Gasteiger partial charge in [0.2, 0.25) is 5.91 Å². The average molecular weight is 524 g/mol. The smallest absolute Gasteiger partial charge is 0.255 e. The number of hydrogen-bond donors (Lipinski definition) is 2. The molecule has 2 atom stereocenters. The van der Waals surface area contributed by atoms with Crippen LogP contribution >= 0.6 is 11.6 Å². The number of anilines is 1. The molecule has 2 fully saturated rings. The zero-order chi connectivity index (χ0) is 26.6. The van der Waals surface area contributed by atoms with Crippen molar-refractivity contribution in [2.75, 3.05) is 5.32 Å². The molecule has 2 aromatic rings. The molecule has 37 heavy (non-hydrogen) atoms. The summed E-state index contributed by atoms with van der Waals surface area (Å²) in [5.74, 6) is 0.116. The first-order chi connectivity index (χ1) is 17.6. The Labute approximate surface area is 227 Å². The topological polar surface area (TPSA) is 75.4 Å². The number of amides is 2. The number of benzene rings is 2. The van der Waals surface area contributed by atoms with Crippen LogP contribution in [0.4, 0.5) is 5.69 Å². The standard InChI is InChI=1S/C31H42ClN3O2/c1-31(2,3)24-15-13-21(14-16-24)29(36)34-25-17-18-26(32)23(19-25)20-35(28-12-8-7-11-27(28)33)30(37)22-9-5-4-6-10-22/h13-19,22,27-28H,4-12,20,33H2,1-3H3,(H,34,36). The van der Waals surface area contributed by atoms with Crippen molar-refractivity contribution in [2.45, 2.75) is 103 Å². The zero-order valence-electron chi connectivity index (χ0n) is 22.6. The number of nitrogens with one attached hydrogen (secondary N) is 1. The monoisotopic (exact) mass is 523 g/mol. The van der Waals surface area contributed by atoms with Gasteiger partial charge in [-0.05, 0) is 72.6 Å². The molecule has 2 amide bonds. The summed E-state index contributed by atoms with van der Waals surface area (Å²) in [4.78, 5) is 28.7. The van der Waals surface area contributed by atoms with Crippen molar-refractivity contribution in [1.29, 1.82) is 0 Å². The van der Waals surface area contributed by atoms with Gasteiger partial charge in [-0.1, -0.05) is 76.6 Å². The van der Waals surface area contributed by atoms with E-state index in [2.05, 4.69) is 26.1 Å². The lowest BCUT2D eigenvalue weighted by atomic mass is 9.85. The summed E-state index contributed by atoms with van der Waals surface area (Å²) in [5.41, 5.74) is 9.87. The lowest BCUT2D eigenvalue weighted by Gasteiger charge is -2.41. The maximum Gasteiger partial charge on any atom is 0.255 e. The molecule has 0 spiro atoms. The highest BCUT2D eigenvalue weighted by molar-refractivity contribution is 6.31. The Morgan fingerprint density at radius 3 is 2.24 bits per heavy atom. The Morgan fingerprint density at radius 1 is 0.946 bits per heavy atom. The van der Waals surface area contributed by atoms with E-state index >= 15 is 0 Å². The molecule has 6 heteroatoms. The summed E-state index contributed by atoms with van der Waals surface area (Å²) < 4.78 is 0. The second kappa shape index (κ2) is 12.0. The molecular weight excluding hydrogens is 482 g/mol. The van der Waals surface area contributed by atoms with Crippen LogP contribution in [0.25, 0.3) is 0 Å². The molecule has 0 saturated heterocycles. The summed E-state index contributed by atoms with van der Waals surface area (Å²) in [7, 11) is 0. The van der Waals surface area contributed by atoms with Gasteiger partial charge in [0, 0.05) is 40.8 Å². The van der Waals surface area contributed by atoms with Gasteiger partial charge in [0.05, 0.1) is 0 Å². The molecule has 0 radical (unpaired) electrons. The molecule has 200 valence electrons. The molecule has 2 saturated carbocycles. The number of nitrogens with zero attached hydrogens (tertiary/aromatic N) is 1. The molecule has 5 nitrogen and oxygen atoms in total. The van der Waals surface area contributed by atoms with Crippen LogP contribution < -0.4 is 11.1 Å². The van der Waals surface area contributed by atoms with E-state index in [9.17, 15) is 9.59 Å². The van der Waals surface area contributed by atoms with Gasteiger partial charge in [-0.3, -0.25) is 9.59 Å². The van der Waals surface area contributed by atoms with Gasteiger partial charge in [0.15, 0.2) is 0 Å². The number of nitrogens with two attached hydrogens (primary N) is 1. The van der Waals surface area contributed by atoms with Crippen LogP contribution in [0.1, 0.15) is 100 Å². The van der Waals surface area contributed by atoms with Crippen LogP contribution in [0.2, 0.25) is 5.02 Å². The van der Waals surface area contributed by atoms with Gasteiger partial charge in [-0.25, -0.2) is 0 Å². The summed E-state index contributed by atoms with van der Waals surface area (Å²) >= 11 is 6.64. The fourth-order valence-corrected chi connectivity index (χ4v) is 5.93. The van der Waals surface area contributed by atoms with Crippen molar-refractivity contribution in [3.05, 3.63) is 64.2 Å². The number of rotatable bonds is 6. The van der Waals surface area contributed by atoms with E-state index in [1.807, 2.05) is 41.3 Å². The van der Waals surface area contributed by atoms with E-state index in [1.54, 1.807) is 6.07 Å². The fourth-order valence-electron chi connectivity index (χ4n) is 5.75. The van der Waals surface area contributed by atoms with Gasteiger partial charge in [0.1, 0.15) is 0 Å². The summed E-state index contributed by atoms with van der Waals surface area (Å²) in [6.07, 6.45) is 9.41. The van der Waals surface area contributed by atoms with Crippen LogP contribution in [0.15, 0.2) is 42.5 Å². The number of hydrogen-bond acceptors (Lipinski definition) is 3. The van der Waals surface area contributed by atoms with Crippen molar-refractivity contribution < 1.29 is 9.59 Å². The van der Waals surface area contributed by atoms with Crippen molar-refractivity contribution in [3.8, 4) is 0 Å². The van der Waals surface area contributed by atoms with Crippen LogP contribution in [-0.2, 0) is 16.8 Å². The van der Waals surface area contributed by atoms with Gasteiger partial charge < -0.3 is 16.0 Å². The van der Waals surface area contributed by atoms with Gasteiger partial charge in [0.25, 0.3) is 5.91 Å². The second-order valence-electron chi connectivity index (χ2n) is 11.9. The van der Waals surface area contributed by atoms with Crippen LogP contribution in [0, 0.1) is 5.92 Å². The SMILES string of the molecule is CC(C)(C)c1ccc(C(=O)Nc2ccc(Cl)c(CN(C(=O)C3CCCCC3)C3CCCCC3N)c2)cc1. The maximum atomic E-state index is 13.8. The highest BCUT2D eigenvalue weighted by Crippen LogP contribution is 2.32. The average Bonchev–Trinajstić information content (AvgIpc) is 2.89. The van der Waals surface area contributed by atoms with Gasteiger partial charge in [-0.15, -0.1) is 0 Å². The highest BCUT2D eigenvalue weighted by atomic mass is 35.5. The Balaban J connectivity index is 1.53. The normalized spacial score (nSPS) is 20.9. The number of carbonyl (C=O) groups excluding carboxylic acids is 2. The Bertz CT molecular complexity index is 1090.